The van der Waals surface area contributed by atoms with Crippen LogP contribution in [0.5, 0.6) is 0 Å². The highest BCUT2D eigenvalue weighted by atomic mass is 32.2. The maximum atomic E-state index is 12.4. The van der Waals surface area contributed by atoms with Crippen LogP contribution in [0.25, 0.3) is 0 Å². The van der Waals surface area contributed by atoms with Gasteiger partial charge >= 0.3 is 12.1 Å². The number of carbonyl (C=O) groups is 1. The molecule has 0 atom stereocenters. The molecule has 3 heterocycles. The van der Waals surface area contributed by atoms with Gasteiger partial charge in [-0.3, -0.25) is 0 Å². The number of rotatable bonds is 3. The van der Waals surface area contributed by atoms with Crippen LogP contribution in [-0.4, -0.2) is 71.6 Å². The van der Waals surface area contributed by atoms with Crippen LogP contribution in [0.4, 0.5) is 19.0 Å². The fourth-order valence-electron chi connectivity index (χ4n) is 4.06. The second-order valence-corrected chi connectivity index (χ2v) is 10.7. The van der Waals surface area contributed by atoms with Gasteiger partial charge in [0.25, 0.3) is 0 Å². The number of alkyl halides is 3. The molecule has 1 aliphatic carbocycles. The Labute approximate surface area is 179 Å². The van der Waals surface area contributed by atoms with E-state index in [-0.39, 0.29) is 5.25 Å². The number of halogens is 3. The van der Waals surface area contributed by atoms with Crippen LogP contribution in [-0.2, 0) is 14.8 Å². The van der Waals surface area contributed by atoms with E-state index in [0.717, 1.165) is 63.1 Å². The second kappa shape index (κ2) is 8.89. The molecule has 0 unspecified atom stereocenters. The molecule has 0 bridgehead atoms. The number of hydrogen-bond donors (Lipinski definition) is 1. The Morgan fingerprint density at radius 2 is 1.58 bits per heavy atom. The van der Waals surface area contributed by atoms with Gasteiger partial charge in [-0.2, -0.15) is 18.3 Å². The molecule has 0 radical (unpaired) electrons. The number of anilines is 1. The van der Waals surface area contributed by atoms with Crippen molar-refractivity contribution in [2.45, 2.75) is 56.9 Å². The van der Waals surface area contributed by atoms with Crippen LogP contribution in [0.2, 0.25) is 0 Å². The van der Waals surface area contributed by atoms with Crippen LogP contribution < -0.4 is 4.90 Å². The lowest BCUT2D eigenvalue weighted by molar-refractivity contribution is -0.192. The lowest BCUT2D eigenvalue weighted by Crippen LogP contribution is -2.49. The molecular weight excluding hydrogens is 437 g/mol. The van der Waals surface area contributed by atoms with E-state index in [0.29, 0.717) is 18.5 Å². The third kappa shape index (κ3) is 5.85. The van der Waals surface area contributed by atoms with Crippen molar-refractivity contribution in [3.05, 3.63) is 17.8 Å². The molecule has 2 aliphatic heterocycles. The summed E-state index contributed by atoms with van der Waals surface area (Å²) in [5.41, 5.74) is 1.26. The standard InChI is InChI=1S/C17H26N4O2S.C2HF3O2/c1-14-2-5-16(19-18-14)20-10-6-17(7-11-20)8-12-21(13-9-17)24(22,23)15-3-4-15;3-2(4,5)1(6)7/h2,5,15H,3-4,6-13H2,1H3;(H,6,7). The Bertz CT molecular complexity index is 870. The minimum absolute atomic E-state index is 0.0755. The molecule has 31 heavy (non-hydrogen) atoms. The molecule has 0 amide bonds. The molecule has 1 aromatic heterocycles. The Hall–Kier alpha value is -1.95. The highest BCUT2D eigenvalue weighted by Gasteiger charge is 2.45. The quantitative estimate of drug-likeness (QED) is 0.733. The van der Waals surface area contributed by atoms with Gasteiger partial charge < -0.3 is 10.0 Å². The Kier molecular flexibility index (Phi) is 6.80. The van der Waals surface area contributed by atoms with Crippen molar-refractivity contribution in [3.63, 3.8) is 0 Å². The Balaban J connectivity index is 0.000000339. The molecule has 1 N–H and O–H groups in total. The number of carboxylic acid groups (broad SMARTS) is 1. The van der Waals surface area contributed by atoms with Crippen LogP contribution in [0, 0.1) is 12.3 Å². The molecule has 1 spiro atoms. The first-order valence-corrected chi connectivity index (χ1v) is 11.8. The molecule has 1 aromatic rings. The van der Waals surface area contributed by atoms with Crippen LogP contribution in [0.15, 0.2) is 12.1 Å². The van der Waals surface area contributed by atoms with Crippen molar-refractivity contribution in [2.75, 3.05) is 31.1 Å². The number of nitrogens with zero attached hydrogens (tertiary/aromatic N) is 4. The van der Waals surface area contributed by atoms with Gasteiger partial charge in [0, 0.05) is 26.2 Å². The molecule has 4 rings (SSSR count). The fraction of sp³-hybridized carbons (Fsp3) is 0.737. The third-order valence-electron chi connectivity index (χ3n) is 6.26. The van der Waals surface area contributed by atoms with Crippen LogP contribution in [0.3, 0.4) is 0 Å². The van der Waals surface area contributed by atoms with E-state index >= 15 is 0 Å². The molecular formula is C19H27F3N4O4S. The van der Waals surface area contributed by atoms with Crippen molar-refractivity contribution < 1.29 is 31.5 Å². The zero-order chi connectivity index (χ0) is 22.9. The molecule has 1 saturated carbocycles. The van der Waals surface area contributed by atoms with Crippen LogP contribution in [0.1, 0.15) is 44.2 Å². The zero-order valence-corrected chi connectivity index (χ0v) is 18.1. The van der Waals surface area contributed by atoms with E-state index in [9.17, 15) is 21.6 Å². The third-order valence-corrected chi connectivity index (χ3v) is 8.66. The first-order chi connectivity index (χ1) is 14.4. The van der Waals surface area contributed by atoms with E-state index < -0.39 is 22.2 Å². The number of aromatic nitrogens is 2. The summed E-state index contributed by atoms with van der Waals surface area (Å²) >= 11 is 0. The first-order valence-electron chi connectivity index (χ1n) is 10.3. The minimum Gasteiger partial charge on any atom is -0.475 e. The van der Waals surface area contributed by atoms with E-state index in [4.69, 9.17) is 9.90 Å². The van der Waals surface area contributed by atoms with Gasteiger partial charge in [-0.25, -0.2) is 17.5 Å². The van der Waals surface area contributed by atoms with E-state index in [1.54, 1.807) is 4.31 Å². The summed E-state index contributed by atoms with van der Waals surface area (Å²) in [5.74, 6) is -1.79. The number of piperidine rings is 2. The fourth-order valence-corrected chi connectivity index (χ4v) is 5.91. The molecule has 2 saturated heterocycles. The lowest BCUT2D eigenvalue weighted by Gasteiger charge is -2.46. The smallest absolute Gasteiger partial charge is 0.475 e. The maximum Gasteiger partial charge on any atom is 0.490 e. The van der Waals surface area contributed by atoms with E-state index in [2.05, 4.69) is 15.1 Å². The summed E-state index contributed by atoms with van der Waals surface area (Å²) in [4.78, 5) is 11.2. The summed E-state index contributed by atoms with van der Waals surface area (Å²) < 4.78 is 58.3. The zero-order valence-electron chi connectivity index (χ0n) is 17.3. The minimum atomic E-state index is -5.08. The molecule has 3 aliphatic rings. The number of hydrogen-bond acceptors (Lipinski definition) is 6. The molecule has 12 heteroatoms. The van der Waals surface area contributed by atoms with Crippen molar-refractivity contribution in [1.29, 1.82) is 0 Å². The van der Waals surface area contributed by atoms with Crippen molar-refractivity contribution in [3.8, 4) is 0 Å². The van der Waals surface area contributed by atoms with E-state index in [1.165, 1.54) is 0 Å². The van der Waals surface area contributed by atoms with Gasteiger partial charge in [0.05, 0.1) is 10.9 Å². The number of sulfonamides is 1. The van der Waals surface area contributed by atoms with Gasteiger partial charge in [-0.15, -0.1) is 5.10 Å². The highest BCUT2D eigenvalue weighted by molar-refractivity contribution is 7.90. The molecule has 3 fully saturated rings. The van der Waals surface area contributed by atoms with Gasteiger partial charge in [0.1, 0.15) is 0 Å². The topological polar surface area (TPSA) is 104 Å². The highest BCUT2D eigenvalue weighted by Crippen LogP contribution is 2.43. The second-order valence-electron chi connectivity index (χ2n) is 8.47. The van der Waals surface area contributed by atoms with Gasteiger partial charge in [0.15, 0.2) is 5.82 Å². The van der Waals surface area contributed by atoms with Crippen LogP contribution >= 0.6 is 0 Å². The lowest BCUT2D eigenvalue weighted by atomic mass is 9.71. The summed E-state index contributed by atoms with van der Waals surface area (Å²) in [5, 5.41) is 15.5. The largest absolute Gasteiger partial charge is 0.490 e. The predicted molar refractivity (Wildman–Crippen MR) is 107 cm³/mol. The maximum absolute atomic E-state index is 12.4. The SMILES string of the molecule is Cc1ccc(N2CCC3(CC2)CCN(S(=O)(=O)C2CC2)CC3)nn1.O=C(O)C(F)(F)F. The normalized spacial score (nSPS) is 22.0. The van der Waals surface area contributed by atoms with Gasteiger partial charge in [-0.05, 0) is 63.0 Å². The summed E-state index contributed by atoms with van der Waals surface area (Å²) in [6, 6.07) is 4.05. The predicted octanol–water partition coefficient (Wildman–Crippen LogP) is 2.59. The van der Waals surface area contributed by atoms with Gasteiger partial charge in [-0.1, -0.05) is 0 Å². The van der Waals surface area contributed by atoms with Gasteiger partial charge in [0.2, 0.25) is 10.0 Å². The Morgan fingerprint density at radius 3 is 2.00 bits per heavy atom. The number of aryl methyl sites for hydroxylation is 1. The monoisotopic (exact) mass is 464 g/mol. The average Bonchev–Trinajstić information content (AvgIpc) is 3.56. The van der Waals surface area contributed by atoms with Crippen molar-refractivity contribution in [1.82, 2.24) is 14.5 Å². The van der Waals surface area contributed by atoms with E-state index in [1.807, 2.05) is 19.1 Å². The summed E-state index contributed by atoms with van der Waals surface area (Å²) in [6.45, 7) is 5.36. The molecule has 8 nitrogen and oxygen atoms in total. The average molecular weight is 465 g/mol. The number of aliphatic carboxylic acids is 1. The Morgan fingerprint density at radius 1 is 1.06 bits per heavy atom. The van der Waals surface area contributed by atoms with Crippen molar-refractivity contribution >= 4 is 21.8 Å². The van der Waals surface area contributed by atoms with Crippen molar-refractivity contribution in [2.24, 2.45) is 5.41 Å². The summed E-state index contributed by atoms with van der Waals surface area (Å²) in [6.07, 6.45) is 0.894. The number of carboxylic acids is 1. The molecule has 0 aromatic carbocycles. The summed E-state index contributed by atoms with van der Waals surface area (Å²) in [7, 11) is -3.00. The first kappa shape index (κ1) is 23.7. The molecule has 174 valence electrons.